The molecule has 0 saturated carbocycles. The van der Waals surface area contributed by atoms with Crippen LogP contribution in [0.4, 0.5) is 18.9 Å². The highest BCUT2D eigenvalue weighted by molar-refractivity contribution is 6.05. The molecule has 3 aromatic carbocycles. The summed E-state index contributed by atoms with van der Waals surface area (Å²) in [5.74, 6) is -1.63. The van der Waals surface area contributed by atoms with Gasteiger partial charge in [-0.1, -0.05) is 42.5 Å². The molecule has 4 aromatic rings. The number of aryl methyl sites for hydroxylation is 1. The molecule has 1 aromatic heterocycles. The highest BCUT2D eigenvalue weighted by Crippen LogP contribution is 2.45. The molecule has 2 amide bonds. The van der Waals surface area contributed by atoms with Gasteiger partial charge in [-0.25, -0.2) is 0 Å². The van der Waals surface area contributed by atoms with Gasteiger partial charge in [0.15, 0.2) is 0 Å². The molecule has 196 valence electrons. The number of ether oxygens (including phenoxy) is 1. The molecule has 9 heteroatoms. The number of rotatable bonds is 6. The zero-order valence-corrected chi connectivity index (χ0v) is 20.8. The number of nitrogens with zero attached hydrogens (tertiary/aromatic N) is 2. The summed E-state index contributed by atoms with van der Waals surface area (Å²) in [7, 11) is 3.43. The summed E-state index contributed by atoms with van der Waals surface area (Å²) in [5.41, 5.74) is 1.77. The molecule has 2 heterocycles. The minimum atomic E-state index is -4.55. The molecule has 38 heavy (non-hydrogen) atoms. The van der Waals surface area contributed by atoms with Crippen molar-refractivity contribution in [3.8, 4) is 0 Å². The normalized spacial score (nSPS) is 17.5. The fourth-order valence-electron chi connectivity index (χ4n) is 5.26. The Labute approximate surface area is 217 Å². The Balaban J connectivity index is 1.66. The number of carbonyl (C=O) groups excluding carboxylic acids is 2. The Morgan fingerprint density at radius 3 is 2.50 bits per heavy atom. The highest BCUT2D eigenvalue weighted by atomic mass is 19.4. The van der Waals surface area contributed by atoms with Gasteiger partial charge in [-0.3, -0.25) is 9.59 Å². The number of alkyl halides is 3. The predicted octanol–water partition coefficient (Wildman–Crippen LogP) is 5.76. The average Bonchev–Trinajstić information content (AvgIpc) is 3.23. The summed E-state index contributed by atoms with van der Waals surface area (Å²) >= 11 is 0. The molecule has 0 radical (unpaired) electrons. The number of aromatic nitrogens is 1. The molecule has 0 aliphatic carbocycles. The second-order valence-electron chi connectivity index (χ2n) is 9.28. The number of benzene rings is 3. The van der Waals surface area contributed by atoms with Crippen LogP contribution in [0.5, 0.6) is 0 Å². The maximum atomic E-state index is 14.0. The predicted molar refractivity (Wildman–Crippen MR) is 138 cm³/mol. The van der Waals surface area contributed by atoms with Crippen LogP contribution in [0.25, 0.3) is 10.9 Å². The van der Waals surface area contributed by atoms with Crippen LogP contribution < -0.4 is 5.32 Å². The minimum Gasteiger partial charge on any atom is -0.383 e. The van der Waals surface area contributed by atoms with E-state index in [1.54, 1.807) is 29.2 Å². The average molecular weight is 522 g/mol. The third kappa shape index (κ3) is 4.54. The standard InChI is InChI=1S/C29H26F3N3O3/c1-34-17-23(20-10-5-6-13-24(20)34)26-25(27(36)33-19-9-7-8-18(16-19)29(30,31)32)21-11-3-4-12-22(21)28(37)35(26)14-15-38-2/h3-13,16-17,25-26H,14-15H2,1-2H3,(H,33,36)/t25-,26-/m1/s1. The number of hydrogen-bond donors (Lipinski definition) is 1. The molecule has 0 spiro atoms. The smallest absolute Gasteiger partial charge is 0.383 e. The van der Waals surface area contributed by atoms with Crippen LogP contribution in [-0.4, -0.2) is 41.5 Å². The SMILES string of the molecule is COCCN1C(=O)c2ccccc2[C@@H](C(=O)Nc2cccc(C(F)(F)F)c2)[C@H]1c1cn(C)c2ccccc12. The molecular formula is C29H26F3N3O3. The van der Waals surface area contributed by atoms with Crippen molar-refractivity contribution < 1.29 is 27.5 Å². The summed E-state index contributed by atoms with van der Waals surface area (Å²) in [4.78, 5) is 29.3. The van der Waals surface area contributed by atoms with Crippen LogP contribution in [0.3, 0.4) is 0 Å². The number of anilines is 1. The lowest BCUT2D eigenvalue weighted by atomic mass is 9.79. The maximum Gasteiger partial charge on any atom is 0.416 e. The number of nitrogens with one attached hydrogen (secondary N) is 1. The number of para-hydroxylation sites is 1. The monoisotopic (exact) mass is 521 g/mol. The number of halogens is 3. The van der Waals surface area contributed by atoms with E-state index in [4.69, 9.17) is 4.74 Å². The van der Waals surface area contributed by atoms with Gasteiger partial charge in [0.2, 0.25) is 5.91 Å². The fourth-order valence-corrected chi connectivity index (χ4v) is 5.26. The Hall–Kier alpha value is -4.11. The van der Waals surface area contributed by atoms with Crippen molar-refractivity contribution in [1.82, 2.24) is 9.47 Å². The van der Waals surface area contributed by atoms with Gasteiger partial charge in [-0.2, -0.15) is 13.2 Å². The first-order valence-corrected chi connectivity index (χ1v) is 12.1. The summed E-state index contributed by atoms with van der Waals surface area (Å²) in [6.45, 7) is 0.474. The lowest BCUT2D eigenvalue weighted by molar-refractivity contribution is -0.137. The van der Waals surface area contributed by atoms with Gasteiger partial charge < -0.3 is 19.5 Å². The van der Waals surface area contributed by atoms with Gasteiger partial charge in [-0.05, 0) is 35.9 Å². The number of fused-ring (bicyclic) bond motifs is 2. The molecule has 2 atom stereocenters. The topological polar surface area (TPSA) is 63.6 Å². The van der Waals surface area contributed by atoms with Crippen molar-refractivity contribution in [3.63, 3.8) is 0 Å². The Morgan fingerprint density at radius 2 is 1.74 bits per heavy atom. The number of hydrogen-bond acceptors (Lipinski definition) is 3. The second-order valence-corrected chi connectivity index (χ2v) is 9.28. The van der Waals surface area contributed by atoms with Gasteiger partial charge in [0.05, 0.1) is 24.1 Å². The van der Waals surface area contributed by atoms with Crippen molar-refractivity contribution in [2.75, 3.05) is 25.6 Å². The molecule has 1 aliphatic rings. The Bertz CT molecular complexity index is 1510. The lowest BCUT2D eigenvalue weighted by Gasteiger charge is -2.41. The van der Waals surface area contributed by atoms with E-state index in [9.17, 15) is 22.8 Å². The van der Waals surface area contributed by atoms with Crippen LogP contribution in [0, 0.1) is 0 Å². The molecule has 1 N–H and O–H groups in total. The summed E-state index contributed by atoms with van der Waals surface area (Å²) in [5, 5.41) is 3.58. The van der Waals surface area contributed by atoms with Crippen molar-refractivity contribution in [2.24, 2.45) is 7.05 Å². The van der Waals surface area contributed by atoms with Crippen LogP contribution in [0.1, 0.15) is 39.0 Å². The second kappa shape index (κ2) is 9.98. The van der Waals surface area contributed by atoms with Gasteiger partial charge >= 0.3 is 6.18 Å². The lowest BCUT2D eigenvalue weighted by Crippen LogP contribution is -2.47. The molecule has 0 saturated heterocycles. The molecular weight excluding hydrogens is 495 g/mol. The largest absolute Gasteiger partial charge is 0.416 e. The van der Waals surface area contributed by atoms with Gasteiger partial charge in [-0.15, -0.1) is 0 Å². The van der Waals surface area contributed by atoms with Crippen LogP contribution in [0.2, 0.25) is 0 Å². The zero-order valence-electron chi connectivity index (χ0n) is 20.8. The Kier molecular flexibility index (Phi) is 6.71. The highest BCUT2D eigenvalue weighted by Gasteiger charge is 2.45. The first-order valence-electron chi connectivity index (χ1n) is 12.1. The molecule has 0 bridgehead atoms. The number of methoxy groups -OCH3 is 1. The van der Waals surface area contributed by atoms with Gasteiger partial charge in [0, 0.05) is 54.6 Å². The first kappa shape index (κ1) is 25.5. The van der Waals surface area contributed by atoms with E-state index in [0.29, 0.717) is 11.1 Å². The Morgan fingerprint density at radius 1 is 1.00 bits per heavy atom. The minimum absolute atomic E-state index is 0.0271. The maximum absolute atomic E-state index is 14.0. The van der Waals surface area contributed by atoms with E-state index in [0.717, 1.165) is 28.6 Å². The van der Waals surface area contributed by atoms with Gasteiger partial charge in [0.25, 0.3) is 5.91 Å². The van der Waals surface area contributed by atoms with Crippen LogP contribution >= 0.6 is 0 Å². The van der Waals surface area contributed by atoms with E-state index in [2.05, 4.69) is 5.32 Å². The first-order chi connectivity index (χ1) is 18.2. The third-order valence-electron chi connectivity index (χ3n) is 6.96. The quantitative estimate of drug-likeness (QED) is 0.351. The molecule has 6 nitrogen and oxygen atoms in total. The van der Waals surface area contributed by atoms with Crippen LogP contribution in [-0.2, 0) is 22.8 Å². The fraction of sp³-hybridized carbons (Fsp3) is 0.241. The van der Waals surface area contributed by atoms with E-state index >= 15 is 0 Å². The summed E-state index contributed by atoms with van der Waals surface area (Å²) in [6, 6.07) is 18.4. The van der Waals surface area contributed by atoms with E-state index in [-0.39, 0.29) is 24.7 Å². The summed E-state index contributed by atoms with van der Waals surface area (Å²) in [6.07, 6.45) is -2.64. The van der Waals surface area contributed by atoms with Crippen LogP contribution in [0.15, 0.2) is 79.0 Å². The van der Waals surface area contributed by atoms with Gasteiger partial charge in [0.1, 0.15) is 0 Å². The van der Waals surface area contributed by atoms with E-state index < -0.39 is 29.6 Å². The molecule has 1 aliphatic heterocycles. The van der Waals surface area contributed by atoms with Crippen molar-refractivity contribution in [2.45, 2.75) is 18.1 Å². The van der Waals surface area contributed by atoms with Crippen molar-refractivity contribution in [1.29, 1.82) is 0 Å². The zero-order chi connectivity index (χ0) is 27.0. The molecule has 5 rings (SSSR count). The molecule has 0 fully saturated rings. The summed E-state index contributed by atoms with van der Waals surface area (Å²) < 4.78 is 47.2. The molecule has 0 unspecified atom stereocenters. The van der Waals surface area contributed by atoms with E-state index in [1.165, 1.54) is 19.2 Å². The van der Waals surface area contributed by atoms with Crippen molar-refractivity contribution in [3.05, 3.63) is 101 Å². The number of carbonyl (C=O) groups is 2. The third-order valence-corrected chi connectivity index (χ3v) is 6.96. The number of amides is 2. The van der Waals surface area contributed by atoms with E-state index in [1.807, 2.05) is 42.1 Å². The van der Waals surface area contributed by atoms with Crippen molar-refractivity contribution >= 4 is 28.4 Å².